The number of sulfonamides is 1. The van der Waals surface area contributed by atoms with Crippen LogP contribution in [0.5, 0.6) is 5.75 Å². The number of carbonyl (C=O) groups is 2. The molecule has 0 radical (unpaired) electrons. The van der Waals surface area contributed by atoms with Crippen LogP contribution < -0.4 is 19.9 Å². The number of amides is 1. The smallest absolute Gasteiger partial charge is 0.477 e. The lowest BCUT2D eigenvalue weighted by molar-refractivity contribution is -0.274. The number of carboxylic acids is 1. The fraction of sp³-hybridized carbons (Fsp3) is 0.407. The molecule has 0 unspecified atom stereocenters. The van der Waals surface area contributed by atoms with Crippen LogP contribution in [0.3, 0.4) is 0 Å². The van der Waals surface area contributed by atoms with Gasteiger partial charge < -0.3 is 25.0 Å². The molecule has 2 saturated heterocycles. The van der Waals surface area contributed by atoms with Crippen molar-refractivity contribution < 1.29 is 41.0 Å². The van der Waals surface area contributed by atoms with Crippen molar-refractivity contribution in [2.45, 2.75) is 43.6 Å². The Balaban J connectivity index is 1.37. The van der Waals surface area contributed by atoms with Crippen LogP contribution >= 0.6 is 11.3 Å². The Hall–Kier alpha value is -3.96. The van der Waals surface area contributed by atoms with Crippen LogP contribution in [-0.2, 0) is 21.4 Å². The Labute approximate surface area is 255 Å². The predicted octanol–water partition coefficient (Wildman–Crippen LogP) is 3.24. The van der Waals surface area contributed by atoms with Crippen LogP contribution in [0.4, 0.5) is 24.1 Å². The number of aromatic carboxylic acids is 1. The number of nitrogens with zero attached hydrogens (tertiary/aromatic N) is 5. The highest BCUT2D eigenvalue weighted by atomic mass is 32.2. The molecular formula is C27H29F3N6O6S2. The SMILES string of the molecule is Cc1nc(N2CCN(S(=O)(=O)c3ccc(OC(F)(F)F)cc3)[C@@H](C(=O)NCc3ccc(N4CCCC4)nc3)C2)sc1C(=O)O. The van der Waals surface area contributed by atoms with Gasteiger partial charge in [-0.15, -0.1) is 13.2 Å². The van der Waals surface area contributed by atoms with Gasteiger partial charge >= 0.3 is 12.3 Å². The van der Waals surface area contributed by atoms with Crippen molar-refractivity contribution in [2.75, 3.05) is 42.5 Å². The second-order valence-corrected chi connectivity index (χ2v) is 13.1. The highest BCUT2D eigenvalue weighted by Crippen LogP contribution is 2.31. The lowest BCUT2D eigenvalue weighted by Gasteiger charge is -2.39. The number of benzene rings is 1. The highest BCUT2D eigenvalue weighted by molar-refractivity contribution is 7.89. The fourth-order valence-corrected chi connectivity index (χ4v) is 7.58. The topological polar surface area (TPSA) is 145 Å². The average Bonchev–Trinajstić information content (AvgIpc) is 3.66. The van der Waals surface area contributed by atoms with E-state index < -0.39 is 40.1 Å². The van der Waals surface area contributed by atoms with Crippen LogP contribution in [0.1, 0.15) is 33.8 Å². The van der Waals surface area contributed by atoms with Gasteiger partial charge in [-0.1, -0.05) is 17.4 Å². The molecule has 2 aromatic heterocycles. The summed E-state index contributed by atoms with van der Waals surface area (Å²) in [7, 11) is -4.36. The minimum Gasteiger partial charge on any atom is -0.477 e. The van der Waals surface area contributed by atoms with Crippen molar-refractivity contribution in [3.63, 3.8) is 0 Å². The van der Waals surface area contributed by atoms with Crippen molar-refractivity contribution in [2.24, 2.45) is 0 Å². The molecule has 3 aromatic rings. The van der Waals surface area contributed by atoms with E-state index in [4.69, 9.17) is 0 Å². The van der Waals surface area contributed by atoms with E-state index in [2.05, 4.69) is 24.9 Å². The zero-order chi connectivity index (χ0) is 31.6. The number of thiazole rings is 1. The summed E-state index contributed by atoms with van der Waals surface area (Å²) in [6.07, 6.45) is -1.10. The van der Waals surface area contributed by atoms with E-state index in [0.717, 1.165) is 71.7 Å². The van der Waals surface area contributed by atoms with E-state index in [1.807, 2.05) is 12.1 Å². The molecular weight excluding hydrogens is 625 g/mol. The molecule has 2 aliphatic heterocycles. The Morgan fingerprint density at radius 1 is 1.07 bits per heavy atom. The van der Waals surface area contributed by atoms with Crippen molar-refractivity contribution >= 4 is 44.2 Å². The first kappa shape index (κ1) is 31.5. The number of pyridine rings is 1. The minimum atomic E-state index is -4.95. The summed E-state index contributed by atoms with van der Waals surface area (Å²) in [5, 5.41) is 12.5. The summed E-state index contributed by atoms with van der Waals surface area (Å²) < 4.78 is 70.0. The average molecular weight is 655 g/mol. The monoisotopic (exact) mass is 654 g/mol. The first-order valence-corrected chi connectivity index (χ1v) is 15.9. The molecule has 4 heterocycles. The third-order valence-corrected chi connectivity index (χ3v) is 10.4. The van der Waals surface area contributed by atoms with Crippen molar-refractivity contribution in [3.05, 3.63) is 58.7 Å². The van der Waals surface area contributed by atoms with E-state index in [1.165, 1.54) is 0 Å². The molecule has 0 spiro atoms. The molecule has 236 valence electrons. The van der Waals surface area contributed by atoms with Gasteiger partial charge in [0.2, 0.25) is 15.9 Å². The molecule has 17 heteroatoms. The van der Waals surface area contributed by atoms with Crippen LogP contribution in [0.15, 0.2) is 47.5 Å². The molecule has 44 heavy (non-hydrogen) atoms. The lowest BCUT2D eigenvalue weighted by Crippen LogP contribution is -2.60. The largest absolute Gasteiger partial charge is 0.573 e. The molecule has 0 bridgehead atoms. The number of hydrogen-bond acceptors (Lipinski definition) is 10. The number of carboxylic acid groups (broad SMARTS) is 1. The third kappa shape index (κ3) is 7.05. The van der Waals surface area contributed by atoms with Crippen LogP contribution in [-0.4, -0.2) is 84.8 Å². The van der Waals surface area contributed by atoms with Gasteiger partial charge in [-0.2, -0.15) is 4.31 Å². The molecule has 1 aromatic carbocycles. The van der Waals surface area contributed by atoms with Gasteiger partial charge in [0.05, 0.1) is 10.6 Å². The first-order chi connectivity index (χ1) is 20.8. The number of nitrogens with one attached hydrogen (secondary N) is 1. The summed E-state index contributed by atoms with van der Waals surface area (Å²) in [6, 6.07) is 6.16. The standard InChI is InChI=1S/C27H29F3N6O6S2/c1-17-23(25(38)39)43-26(33-17)35-12-13-36(44(40,41)20-7-5-19(6-8-20)42-27(28,29)30)21(16-35)24(37)32-15-18-4-9-22(31-14-18)34-10-2-3-11-34/h4-9,14,21H,2-3,10-13,15-16H2,1H3,(H,32,37)(H,38,39)/t21-/m1/s1. The first-order valence-electron chi connectivity index (χ1n) is 13.6. The van der Waals surface area contributed by atoms with Crippen LogP contribution in [0.2, 0.25) is 0 Å². The Kier molecular flexibility index (Phi) is 8.99. The van der Waals surface area contributed by atoms with Crippen LogP contribution in [0, 0.1) is 6.92 Å². The lowest BCUT2D eigenvalue weighted by atomic mass is 10.2. The van der Waals surface area contributed by atoms with E-state index in [-0.39, 0.29) is 36.0 Å². The van der Waals surface area contributed by atoms with Gasteiger partial charge in [-0.3, -0.25) is 4.79 Å². The molecule has 1 atom stereocenters. The van der Waals surface area contributed by atoms with Crippen molar-refractivity contribution in [1.82, 2.24) is 19.6 Å². The number of piperazine rings is 1. The number of carbonyl (C=O) groups excluding carboxylic acids is 1. The fourth-order valence-electron chi connectivity index (χ4n) is 5.07. The number of aryl methyl sites for hydroxylation is 1. The van der Waals surface area contributed by atoms with Gasteiger partial charge in [0, 0.05) is 45.5 Å². The normalized spacial score (nSPS) is 18.0. The Morgan fingerprint density at radius 3 is 2.36 bits per heavy atom. The Morgan fingerprint density at radius 2 is 1.77 bits per heavy atom. The second kappa shape index (κ2) is 12.6. The van der Waals surface area contributed by atoms with E-state index in [0.29, 0.717) is 16.4 Å². The number of alkyl halides is 3. The van der Waals surface area contributed by atoms with Gasteiger partial charge in [-0.05, 0) is 55.7 Å². The van der Waals surface area contributed by atoms with Gasteiger partial charge in [0.15, 0.2) is 5.13 Å². The van der Waals surface area contributed by atoms with Gasteiger partial charge in [0.1, 0.15) is 22.5 Å². The molecule has 2 aliphatic rings. The number of hydrogen-bond donors (Lipinski definition) is 2. The van der Waals surface area contributed by atoms with Crippen LogP contribution in [0.25, 0.3) is 0 Å². The molecule has 0 aliphatic carbocycles. The van der Waals surface area contributed by atoms with Gasteiger partial charge in [0.25, 0.3) is 0 Å². The van der Waals surface area contributed by atoms with Gasteiger partial charge in [-0.25, -0.2) is 23.2 Å². The maximum absolute atomic E-state index is 13.7. The summed E-state index contributed by atoms with van der Waals surface area (Å²) in [5.41, 5.74) is 0.991. The molecule has 12 nitrogen and oxygen atoms in total. The number of ether oxygens (including phenoxy) is 1. The molecule has 2 fully saturated rings. The summed E-state index contributed by atoms with van der Waals surface area (Å²) >= 11 is 0.918. The maximum atomic E-state index is 13.7. The molecule has 2 N–H and O–H groups in total. The number of halogens is 3. The third-order valence-electron chi connectivity index (χ3n) is 7.25. The molecule has 1 amide bonds. The zero-order valence-corrected chi connectivity index (χ0v) is 25.1. The summed E-state index contributed by atoms with van der Waals surface area (Å²) in [5.74, 6) is -1.52. The maximum Gasteiger partial charge on any atom is 0.573 e. The highest BCUT2D eigenvalue weighted by Gasteiger charge is 2.41. The quantitative estimate of drug-likeness (QED) is 0.353. The molecule has 0 saturated carbocycles. The number of rotatable bonds is 9. The molecule has 5 rings (SSSR count). The summed E-state index contributed by atoms with van der Waals surface area (Å²) in [6.45, 7) is 3.24. The summed E-state index contributed by atoms with van der Waals surface area (Å²) in [4.78, 5) is 37.5. The number of aromatic nitrogens is 2. The number of anilines is 2. The van der Waals surface area contributed by atoms with Crippen molar-refractivity contribution in [3.8, 4) is 5.75 Å². The second-order valence-electron chi connectivity index (χ2n) is 10.2. The zero-order valence-electron chi connectivity index (χ0n) is 23.5. The Bertz CT molecular complexity index is 1610. The minimum absolute atomic E-state index is 0.0297. The predicted molar refractivity (Wildman–Crippen MR) is 154 cm³/mol. The van der Waals surface area contributed by atoms with E-state index >= 15 is 0 Å². The van der Waals surface area contributed by atoms with Crippen molar-refractivity contribution in [1.29, 1.82) is 0 Å². The van der Waals surface area contributed by atoms with E-state index in [9.17, 15) is 36.3 Å². The van der Waals surface area contributed by atoms with E-state index in [1.54, 1.807) is 18.0 Å².